The molecule has 3 heteroatoms. The Morgan fingerprint density at radius 2 is 1.63 bits per heavy atom. The summed E-state index contributed by atoms with van der Waals surface area (Å²) in [7, 11) is 0. The third-order valence-electron chi connectivity index (χ3n) is 5.82. The van der Waals surface area contributed by atoms with Crippen molar-refractivity contribution >= 4 is 22.4 Å². The number of carbonyl (C=O) groups excluding carboxylic acids is 1. The fourth-order valence-corrected chi connectivity index (χ4v) is 4.07. The van der Waals surface area contributed by atoms with Gasteiger partial charge >= 0.3 is 0 Å². The zero-order valence-corrected chi connectivity index (χ0v) is 17.9. The van der Waals surface area contributed by atoms with Gasteiger partial charge in [0.2, 0.25) is 5.91 Å². The number of unbranched alkanes of at least 4 members (excludes halogenated alkanes) is 2. The minimum absolute atomic E-state index is 0.0127. The van der Waals surface area contributed by atoms with E-state index in [1.165, 1.54) is 0 Å². The second kappa shape index (κ2) is 11.5. The van der Waals surface area contributed by atoms with Gasteiger partial charge in [-0.2, -0.15) is 0 Å². The number of amides is 1. The van der Waals surface area contributed by atoms with Crippen LogP contribution in [0.2, 0.25) is 0 Å². The number of fused-ring (bicyclic) bond motifs is 1. The third-order valence-corrected chi connectivity index (χ3v) is 5.82. The zero-order chi connectivity index (χ0) is 21.2. The fraction of sp³-hybridized carbons (Fsp3) is 0.370. The molecule has 158 valence electrons. The Kier molecular flexibility index (Phi) is 8.46. The normalized spacial score (nSPS) is 13.1. The second-order valence-corrected chi connectivity index (χ2v) is 8.13. The van der Waals surface area contributed by atoms with E-state index < -0.39 is 6.10 Å². The molecule has 1 amide bonds. The maximum absolute atomic E-state index is 12.7. The molecule has 2 N–H and O–H groups in total. The summed E-state index contributed by atoms with van der Waals surface area (Å²) in [6, 6.07) is 24.2. The molecule has 0 aliphatic rings. The number of aliphatic hydroxyl groups excluding tert-OH is 1. The van der Waals surface area contributed by atoms with Crippen LogP contribution in [0.5, 0.6) is 0 Å². The predicted molar refractivity (Wildman–Crippen MR) is 126 cm³/mol. The summed E-state index contributed by atoms with van der Waals surface area (Å²) in [5, 5.41) is 16.1. The van der Waals surface area contributed by atoms with Gasteiger partial charge in [0.15, 0.2) is 0 Å². The number of benzene rings is 3. The minimum atomic E-state index is -0.422. The van der Waals surface area contributed by atoms with Crippen LogP contribution in [-0.2, 0) is 11.2 Å². The van der Waals surface area contributed by atoms with Crippen molar-refractivity contribution in [2.24, 2.45) is 5.92 Å². The Morgan fingerprint density at radius 3 is 2.43 bits per heavy atom. The van der Waals surface area contributed by atoms with Crippen LogP contribution in [0.25, 0.3) is 10.8 Å². The largest absolute Gasteiger partial charge is 0.392 e. The first-order valence-electron chi connectivity index (χ1n) is 11.2. The standard InChI is InChI=1S/C27H33NO2/c1-2-3-5-14-23(26(29)20-21-11-6-4-7-12-21)18-19-27(30)28-25-17-10-15-22-13-8-9-16-24(22)25/h4,6-13,15-17,23,26,29H,2-3,5,14,18-20H2,1H3,(H,28,30). The highest BCUT2D eigenvalue weighted by Gasteiger charge is 2.20. The topological polar surface area (TPSA) is 49.3 Å². The van der Waals surface area contributed by atoms with Crippen LogP contribution in [-0.4, -0.2) is 17.1 Å². The summed E-state index contributed by atoms with van der Waals surface area (Å²) in [6.45, 7) is 2.19. The smallest absolute Gasteiger partial charge is 0.224 e. The van der Waals surface area contributed by atoms with E-state index in [0.29, 0.717) is 19.3 Å². The average Bonchev–Trinajstić information content (AvgIpc) is 2.77. The zero-order valence-electron chi connectivity index (χ0n) is 17.9. The molecule has 0 spiro atoms. The molecule has 0 aliphatic carbocycles. The van der Waals surface area contributed by atoms with Gasteiger partial charge < -0.3 is 10.4 Å². The summed E-state index contributed by atoms with van der Waals surface area (Å²) in [4.78, 5) is 12.7. The number of hydrogen-bond acceptors (Lipinski definition) is 2. The Balaban J connectivity index is 1.60. The number of rotatable bonds is 11. The first kappa shape index (κ1) is 22.0. The molecular weight excluding hydrogens is 370 g/mol. The molecule has 0 radical (unpaired) electrons. The van der Waals surface area contributed by atoms with E-state index in [0.717, 1.165) is 47.7 Å². The van der Waals surface area contributed by atoms with Crippen LogP contribution >= 0.6 is 0 Å². The lowest BCUT2D eigenvalue weighted by Gasteiger charge is -2.23. The van der Waals surface area contributed by atoms with Gasteiger partial charge in [-0.3, -0.25) is 4.79 Å². The Labute approximate surface area is 180 Å². The molecule has 2 atom stereocenters. The van der Waals surface area contributed by atoms with E-state index in [9.17, 15) is 9.90 Å². The minimum Gasteiger partial charge on any atom is -0.392 e. The van der Waals surface area contributed by atoms with Crippen LogP contribution in [0.1, 0.15) is 51.0 Å². The van der Waals surface area contributed by atoms with E-state index in [1.807, 2.05) is 48.5 Å². The highest BCUT2D eigenvalue weighted by atomic mass is 16.3. The van der Waals surface area contributed by atoms with E-state index >= 15 is 0 Å². The number of anilines is 1. The molecule has 0 aliphatic heterocycles. The predicted octanol–water partition coefficient (Wildman–Crippen LogP) is 6.36. The van der Waals surface area contributed by atoms with Crippen molar-refractivity contribution < 1.29 is 9.90 Å². The van der Waals surface area contributed by atoms with Crippen LogP contribution in [0.15, 0.2) is 72.8 Å². The van der Waals surface area contributed by atoms with Crippen LogP contribution in [0.3, 0.4) is 0 Å². The van der Waals surface area contributed by atoms with Crippen LogP contribution in [0, 0.1) is 5.92 Å². The molecule has 3 nitrogen and oxygen atoms in total. The number of nitrogens with one attached hydrogen (secondary N) is 1. The lowest BCUT2D eigenvalue weighted by atomic mass is 9.87. The van der Waals surface area contributed by atoms with Gasteiger partial charge in [0.25, 0.3) is 0 Å². The summed E-state index contributed by atoms with van der Waals surface area (Å²) < 4.78 is 0. The molecule has 0 heterocycles. The molecule has 0 bridgehead atoms. The maximum atomic E-state index is 12.7. The highest BCUT2D eigenvalue weighted by molar-refractivity contribution is 6.02. The molecule has 3 rings (SSSR count). The Morgan fingerprint density at radius 1 is 0.900 bits per heavy atom. The highest BCUT2D eigenvalue weighted by Crippen LogP contribution is 2.25. The quantitative estimate of drug-likeness (QED) is 0.366. The first-order valence-corrected chi connectivity index (χ1v) is 11.2. The van der Waals surface area contributed by atoms with Crippen molar-refractivity contribution in [3.63, 3.8) is 0 Å². The second-order valence-electron chi connectivity index (χ2n) is 8.13. The van der Waals surface area contributed by atoms with E-state index in [4.69, 9.17) is 0 Å². The van der Waals surface area contributed by atoms with Crippen molar-refractivity contribution in [2.75, 3.05) is 5.32 Å². The molecule has 3 aromatic carbocycles. The first-order chi connectivity index (χ1) is 14.7. The van der Waals surface area contributed by atoms with Gasteiger partial charge in [-0.05, 0) is 42.2 Å². The van der Waals surface area contributed by atoms with E-state index in [1.54, 1.807) is 0 Å². The molecule has 0 saturated heterocycles. The van der Waals surface area contributed by atoms with Crippen LogP contribution in [0.4, 0.5) is 5.69 Å². The Hall–Kier alpha value is -2.65. The molecule has 2 unspecified atom stereocenters. The van der Waals surface area contributed by atoms with Gasteiger partial charge in [-0.25, -0.2) is 0 Å². The van der Waals surface area contributed by atoms with Gasteiger partial charge in [0, 0.05) is 17.5 Å². The summed E-state index contributed by atoms with van der Waals surface area (Å²) in [5.74, 6) is 0.147. The summed E-state index contributed by atoms with van der Waals surface area (Å²) >= 11 is 0. The molecule has 0 fully saturated rings. The number of carbonyl (C=O) groups is 1. The number of aliphatic hydroxyl groups is 1. The molecule has 0 aromatic heterocycles. The van der Waals surface area contributed by atoms with Gasteiger partial charge in [-0.1, -0.05) is 92.9 Å². The van der Waals surface area contributed by atoms with Crippen molar-refractivity contribution in [3.8, 4) is 0 Å². The average molecular weight is 404 g/mol. The molecule has 3 aromatic rings. The van der Waals surface area contributed by atoms with Gasteiger partial charge in [0.1, 0.15) is 0 Å². The van der Waals surface area contributed by atoms with Crippen LogP contribution < -0.4 is 5.32 Å². The monoisotopic (exact) mass is 403 g/mol. The Bertz CT molecular complexity index is 917. The van der Waals surface area contributed by atoms with E-state index in [-0.39, 0.29) is 11.8 Å². The lowest BCUT2D eigenvalue weighted by Crippen LogP contribution is -2.25. The molecular formula is C27H33NO2. The van der Waals surface area contributed by atoms with E-state index in [2.05, 4.69) is 36.5 Å². The molecule has 30 heavy (non-hydrogen) atoms. The maximum Gasteiger partial charge on any atom is 0.224 e. The van der Waals surface area contributed by atoms with Gasteiger partial charge in [-0.15, -0.1) is 0 Å². The van der Waals surface area contributed by atoms with Gasteiger partial charge in [0.05, 0.1) is 6.10 Å². The van der Waals surface area contributed by atoms with Crippen molar-refractivity contribution in [1.82, 2.24) is 0 Å². The number of hydrogen-bond donors (Lipinski definition) is 2. The van der Waals surface area contributed by atoms with Crippen molar-refractivity contribution in [3.05, 3.63) is 78.4 Å². The summed E-state index contributed by atoms with van der Waals surface area (Å²) in [5.41, 5.74) is 2.00. The van der Waals surface area contributed by atoms with Crippen molar-refractivity contribution in [2.45, 2.75) is 58.0 Å². The third kappa shape index (κ3) is 6.43. The lowest BCUT2D eigenvalue weighted by molar-refractivity contribution is -0.116. The SMILES string of the molecule is CCCCCC(CCC(=O)Nc1cccc2ccccc12)C(O)Cc1ccccc1. The fourth-order valence-electron chi connectivity index (χ4n) is 4.07. The summed E-state index contributed by atoms with van der Waals surface area (Å²) in [6.07, 6.45) is 5.72. The van der Waals surface area contributed by atoms with Crippen molar-refractivity contribution in [1.29, 1.82) is 0 Å². The molecule has 0 saturated carbocycles.